The molecule has 1 aromatic rings. The van der Waals surface area contributed by atoms with Gasteiger partial charge in [0.25, 0.3) is 0 Å². The highest BCUT2D eigenvalue weighted by atomic mass is 79.9. The van der Waals surface area contributed by atoms with E-state index in [9.17, 15) is 0 Å². The maximum absolute atomic E-state index is 5.85. The third kappa shape index (κ3) is 2.51. The van der Waals surface area contributed by atoms with Crippen molar-refractivity contribution in [1.82, 2.24) is 0 Å². The minimum Gasteiger partial charge on any atom is -0.493 e. The molecule has 0 spiro atoms. The van der Waals surface area contributed by atoms with Gasteiger partial charge in [-0.25, -0.2) is 0 Å². The van der Waals surface area contributed by atoms with Crippen molar-refractivity contribution in [2.24, 2.45) is 5.41 Å². The lowest BCUT2D eigenvalue weighted by Gasteiger charge is -2.15. The van der Waals surface area contributed by atoms with E-state index in [1.807, 2.05) is 25.1 Å². The Bertz CT molecular complexity index is 372. The van der Waals surface area contributed by atoms with Gasteiger partial charge in [0, 0.05) is 10.7 Å². The fraction of sp³-hybridized carbons (Fsp3) is 0.538. The molecule has 0 aliphatic heterocycles. The Morgan fingerprint density at radius 1 is 1.31 bits per heavy atom. The maximum Gasteiger partial charge on any atom is 0.161 e. The molecule has 1 aliphatic rings. The number of aryl methyl sites for hydroxylation is 1. The van der Waals surface area contributed by atoms with Crippen LogP contribution in [-0.4, -0.2) is 19.0 Å². The summed E-state index contributed by atoms with van der Waals surface area (Å²) in [5, 5.41) is 1.02. The van der Waals surface area contributed by atoms with Gasteiger partial charge in [-0.2, -0.15) is 0 Å². The zero-order chi connectivity index (χ0) is 11.6. The van der Waals surface area contributed by atoms with Gasteiger partial charge in [-0.05, 0) is 37.5 Å². The molecule has 0 saturated heterocycles. The molecule has 1 saturated carbocycles. The number of methoxy groups -OCH3 is 1. The predicted molar refractivity (Wildman–Crippen MR) is 68.7 cm³/mol. The van der Waals surface area contributed by atoms with Crippen molar-refractivity contribution in [3.8, 4) is 11.5 Å². The Morgan fingerprint density at radius 3 is 2.62 bits per heavy atom. The smallest absolute Gasteiger partial charge is 0.161 e. The molecule has 0 radical (unpaired) electrons. The minimum absolute atomic E-state index is 0.371. The average molecular weight is 285 g/mol. The Hall–Kier alpha value is -0.700. The molecule has 16 heavy (non-hydrogen) atoms. The normalized spacial score (nSPS) is 16.9. The van der Waals surface area contributed by atoms with Crippen molar-refractivity contribution in [2.75, 3.05) is 19.0 Å². The van der Waals surface area contributed by atoms with Gasteiger partial charge in [0.2, 0.25) is 0 Å². The van der Waals surface area contributed by atoms with Crippen LogP contribution in [0, 0.1) is 12.3 Å². The van der Waals surface area contributed by atoms with Gasteiger partial charge in [-0.1, -0.05) is 22.0 Å². The average Bonchev–Trinajstić information content (AvgIpc) is 3.08. The number of hydrogen-bond donors (Lipinski definition) is 0. The van der Waals surface area contributed by atoms with Crippen LogP contribution in [0.4, 0.5) is 0 Å². The molecule has 0 heterocycles. The van der Waals surface area contributed by atoms with Crippen molar-refractivity contribution < 1.29 is 9.47 Å². The zero-order valence-electron chi connectivity index (χ0n) is 9.75. The topological polar surface area (TPSA) is 18.5 Å². The van der Waals surface area contributed by atoms with E-state index in [1.54, 1.807) is 7.11 Å². The van der Waals surface area contributed by atoms with Crippen molar-refractivity contribution in [3.63, 3.8) is 0 Å². The van der Waals surface area contributed by atoms with E-state index in [2.05, 4.69) is 15.9 Å². The van der Waals surface area contributed by atoms with Crippen molar-refractivity contribution in [2.45, 2.75) is 19.8 Å². The summed E-state index contributed by atoms with van der Waals surface area (Å²) in [6.07, 6.45) is 2.51. The molecule has 2 rings (SSSR count). The highest BCUT2D eigenvalue weighted by Crippen LogP contribution is 2.47. The number of benzene rings is 1. The molecule has 0 amide bonds. The molecule has 0 aromatic heterocycles. The van der Waals surface area contributed by atoms with Crippen LogP contribution in [0.2, 0.25) is 0 Å². The van der Waals surface area contributed by atoms with Crippen LogP contribution < -0.4 is 9.47 Å². The fourth-order valence-electron chi connectivity index (χ4n) is 1.62. The van der Waals surface area contributed by atoms with Crippen LogP contribution in [-0.2, 0) is 0 Å². The first-order chi connectivity index (χ1) is 7.69. The number of halogens is 1. The third-order valence-corrected chi connectivity index (χ3v) is 4.28. The lowest BCUT2D eigenvalue weighted by atomic mass is 10.1. The van der Waals surface area contributed by atoms with Gasteiger partial charge in [-0.15, -0.1) is 0 Å². The van der Waals surface area contributed by atoms with E-state index in [-0.39, 0.29) is 0 Å². The van der Waals surface area contributed by atoms with Crippen LogP contribution in [0.1, 0.15) is 18.4 Å². The highest BCUT2D eigenvalue weighted by molar-refractivity contribution is 9.09. The summed E-state index contributed by atoms with van der Waals surface area (Å²) < 4.78 is 11.2. The third-order valence-electron chi connectivity index (χ3n) is 3.09. The van der Waals surface area contributed by atoms with Gasteiger partial charge in [0.1, 0.15) is 0 Å². The molecule has 3 heteroatoms. The number of hydrogen-bond acceptors (Lipinski definition) is 2. The Kier molecular flexibility index (Phi) is 3.43. The second kappa shape index (κ2) is 4.66. The van der Waals surface area contributed by atoms with Crippen LogP contribution in [0.15, 0.2) is 18.2 Å². The molecule has 1 fully saturated rings. The first-order valence-corrected chi connectivity index (χ1v) is 6.65. The van der Waals surface area contributed by atoms with Crippen LogP contribution in [0.3, 0.4) is 0 Å². The van der Waals surface area contributed by atoms with Crippen LogP contribution >= 0.6 is 15.9 Å². The van der Waals surface area contributed by atoms with E-state index >= 15 is 0 Å². The molecular weight excluding hydrogens is 268 g/mol. The number of alkyl halides is 1. The van der Waals surface area contributed by atoms with Gasteiger partial charge in [-0.3, -0.25) is 0 Å². The van der Waals surface area contributed by atoms with Crippen molar-refractivity contribution in [1.29, 1.82) is 0 Å². The number of ether oxygens (including phenoxy) is 2. The summed E-state index contributed by atoms with van der Waals surface area (Å²) in [6, 6.07) is 6.03. The monoisotopic (exact) mass is 284 g/mol. The summed E-state index contributed by atoms with van der Waals surface area (Å²) >= 11 is 3.54. The summed E-state index contributed by atoms with van der Waals surface area (Å²) in [4.78, 5) is 0. The molecular formula is C13H17BrO2. The van der Waals surface area contributed by atoms with Crippen molar-refractivity contribution in [3.05, 3.63) is 23.8 Å². The zero-order valence-corrected chi connectivity index (χ0v) is 11.3. The van der Waals surface area contributed by atoms with E-state index in [1.165, 1.54) is 18.4 Å². The first kappa shape index (κ1) is 11.8. The second-order valence-electron chi connectivity index (χ2n) is 4.58. The largest absolute Gasteiger partial charge is 0.493 e. The van der Waals surface area contributed by atoms with Gasteiger partial charge < -0.3 is 9.47 Å². The molecule has 2 nitrogen and oxygen atoms in total. The van der Waals surface area contributed by atoms with Crippen LogP contribution in [0.5, 0.6) is 11.5 Å². The molecule has 88 valence electrons. The Labute approximate surface area is 105 Å². The summed E-state index contributed by atoms with van der Waals surface area (Å²) in [5.74, 6) is 1.67. The quantitative estimate of drug-likeness (QED) is 0.770. The van der Waals surface area contributed by atoms with Crippen LogP contribution in [0.25, 0.3) is 0 Å². The Balaban J connectivity index is 2.03. The fourth-order valence-corrected chi connectivity index (χ4v) is 2.34. The lowest BCUT2D eigenvalue weighted by molar-refractivity contribution is 0.239. The highest BCUT2D eigenvalue weighted by Gasteiger charge is 2.42. The number of rotatable bonds is 5. The molecule has 0 bridgehead atoms. The summed E-state index contributed by atoms with van der Waals surface area (Å²) in [5.41, 5.74) is 1.56. The molecule has 0 unspecified atom stereocenters. The van der Waals surface area contributed by atoms with Gasteiger partial charge in [0.05, 0.1) is 13.7 Å². The standard InChI is InChI=1S/C13H17BrO2/c1-10-3-4-11(12(7-10)15-2)16-9-13(8-14)5-6-13/h3-4,7H,5-6,8-9H2,1-2H3. The minimum atomic E-state index is 0.371. The van der Waals surface area contributed by atoms with E-state index in [0.717, 1.165) is 23.4 Å². The Morgan fingerprint density at radius 2 is 2.06 bits per heavy atom. The van der Waals surface area contributed by atoms with E-state index in [0.29, 0.717) is 5.41 Å². The van der Waals surface area contributed by atoms with Gasteiger partial charge in [0.15, 0.2) is 11.5 Å². The molecule has 0 N–H and O–H groups in total. The van der Waals surface area contributed by atoms with E-state index in [4.69, 9.17) is 9.47 Å². The molecule has 1 aliphatic carbocycles. The summed E-state index contributed by atoms with van der Waals surface area (Å²) in [6.45, 7) is 2.82. The van der Waals surface area contributed by atoms with Crippen molar-refractivity contribution >= 4 is 15.9 Å². The maximum atomic E-state index is 5.85. The lowest BCUT2D eigenvalue weighted by Crippen LogP contribution is -2.14. The summed E-state index contributed by atoms with van der Waals surface area (Å²) in [7, 11) is 1.68. The first-order valence-electron chi connectivity index (χ1n) is 5.52. The second-order valence-corrected chi connectivity index (χ2v) is 5.14. The predicted octanol–water partition coefficient (Wildman–Crippen LogP) is 3.56. The van der Waals surface area contributed by atoms with E-state index < -0.39 is 0 Å². The molecule has 0 atom stereocenters. The van der Waals surface area contributed by atoms with Gasteiger partial charge >= 0.3 is 0 Å². The molecule has 1 aromatic carbocycles. The SMILES string of the molecule is COc1cc(C)ccc1OCC1(CBr)CC1.